The SMILES string of the molecule is CN(CCN1CCCNCC1)CC1CCCCC1. The summed E-state index contributed by atoms with van der Waals surface area (Å²) >= 11 is 0. The Hall–Kier alpha value is -0.120. The monoisotopic (exact) mass is 253 g/mol. The second-order valence-corrected chi connectivity index (χ2v) is 6.21. The Balaban J connectivity index is 1.59. The lowest BCUT2D eigenvalue weighted by atomic mass is 9.89. The molecule has 106 valence electrons. The Morgan fingerprint density at radius 3 is 2.72 bits per heavy atom. The van der Waals surface area contributed by atoms with Crippen molar-refractivity contribution in [3.05, 3.63) is 0 Å². The fourth-order valence-corrected chi connectivity index (χ4v) is 3.34. The average Bonchev–Trinajstić information content (AvgIpc) is 2.66. The molecular weight excluding hydrogens is 222 g/mol. The van der Waals surface area contributed by atoms with Crippen LogP contribution in [0.5, 0.6) is 0 Å². The zero-order chi connectivity index (χ0) is 12.6. The van der Waals surface area contributed by atoms with Crippen LogP contribution in [0.4, 0.5) is 0 Å². The second kappa shape index (κ2) is 8.13. The number of nitrogens with one attached hydrogen (secondary N) is 1. The van der Waals surface area contributed by atoms with Gasteiger partial charge in [-0.2, -0.15) is 0 Å². The summed E-state index contributed by atoms with van der Waals surface area (Å²) in [6.45, 7) is 8.72. The van der Waals surface area contributed by atoms with Crippen LogP contribution in [0.3, 0.4) is 0 Å². The van der Waals surface area contributed by atoms with Gasteiger partial charge in [-0.1, -0.05) is 19.3 Å². The standard InChI is InChI=1S/C15H31N3/c1-17(14-15-6-3-2-4-7-15)12-13-18-10-5-8-16-9-11-18/h15-16H,2-14H2,1H3. The molecule has 3 nitrogen and oxygen atoms in total. The summed E-state index contributed by atoms with van der Waals surface area (Å²) in [7, 11) is 2.31. The van der Waals surface area contributed by atoms with E-state index >= 15 is 0 Å². The van der Waals surface area contributed by atoms with Gasteiger partial charge in [0, 0.05) is 32.7 Å². The van der Waals surface area contributed by atoms with Gasteiger partial charge in [0.25, 0.3) is 0 Å². The minimum Gasteiger partial charge on any atom is -0.315 e. The Labute approximate surface area is 113 Å². The van der Waals surface area contributed by atoms with E-state index < -0.39 is 0 Å². The van der Waals surface area contributed by atoms with Gasteiger partial charge in [-0.15, -0.1) is 0 Å². The highest BCUT2D eigenvalue weighted by molar-refractivity contribution is 4.71. The molecule has 1 aliphatic heterocycles. The lowest BCUT2D eigenvalue weighted by Gasteiger charge is -2.29. The van der Waals surface area contributed by atoms with Crippen LogP contribution in [0, 0.1) is 5.92 Å². The van der Waals surface area contributed by atoms with Gasteiger partial charge in [0.15, 0.2) is 0 Å². The highest BCUT2D eigenvalue weighted by Crippen LogP contribution is 2.23. The summed E-state index contributed by atoms with van der Waals surface area (Å²) in [5.41, 5.74) is 0. The molecule has 0 aromatic rings. The fraction of sp³-hybridized carbons (Fsp3) is 1.00. The quantitative estimate of drug-likeness (QED) is 0.806. The first kappa shape index (κ1) is 14.3. The second-order valence-electron chi connectivity index (χ2n) is 6.21. The predicted molar refractivity (Wildman–Crippen MR) is 78.0 cm³/mol. The molecule has 0 spiro atoms. The summed E-state index contributed by atoms with van der Waals surface area (Å²) in [6.07, 6.45) is 8.66. The molecule has 1 saturated carbocycles. The normalized spacial score (nSPS) is 24.3. The van der Waals surface area contributed by atoms with Crippen molar-refractivity contribution in [3.63, 3.8) is 0 Å². The Morgan fingerprint density at radius 1 is 1.06 bits per heavy atom. The van der Waals surface area contributed by atoms with Crippen LogP contribution in [-0.4, -0.2) is 62.7 Å². The first-order valence-electron chi connectivity index (χ1n) is 7.96. The van der Waals surface area contributed by atoms with Gasteiger partial charge in [0.2, 0.25) is 0 Å². The number of likely N-dealkylation sites (N-methyl/N-ethyl adjacent to an activating group) is 1. The van der Waals surface area contributed by atoms with E-state index in [4.69, 9.17) is 0 Å². The first-order chi connectivity index (χ1) is 8.84. The molecule has 0 bridgehead atoms. The number of nitrogens with zero attached hydrogens (tertiary/aromatic N) is 2. The molecule has 0 amide bonds. The van der Waals surface area contributed by atoms with E-state index in [-0.39, 0.29) is 0 Å². The third-order valence-electron chi connectivity index (χ3n) is 4.53. The molecular formula is C15H31N3. The Kier molecular flexibility index (Phi) is 6.46. The van der Waals surface area contributed by atoms with Crippen molar-refractivity contribution in [3.8, 4) is 0 Å². The van der Waals surface area contributed by atoms with E-state index in [1.165, 1.54) is 84.3 Å². The van der Waals surface area contributed by atoms with Gasteiger partial charge < -0.3 is 15.1 Å². The molecule has 18 heavy (non-hydrogen) atoms. The molecule has 2 fully saturated rings. The van der Waals surface area contributed by atoms with Gasteiger partial charge in [-0.3, -0.25) is 0 Å². The van der Waals surface area contributed by atoms with Crippen LogP contribution in [0.15, 0.2) is 0 Å². The lowest BCUT2D eigenvalue weighted by Crippen LogP contribution is -2.37. The van der Waals surface area contributed by atoms with Gasteiger partial charge in [-0.05, 0) is 45.3 Å². The molecule has 1 saturated heterocycles. The molecule has 2 aliphatic rings. The summed E-state index contributed by atoms with van der Waals surface area (Å²) in [6, 6.07) is 0. The molecule has 0 aromatic carbocycles. The van der Waals surface area contributed by atoms with Crippen LogP contribution in [0.25, 0.3) is 0 Å². The highest BCUT2D eigenvalue weighted by atomic mass is 15.2. The maximum Gasteiger partial charge on any atom is 0.0110 e. The topological polar surface area (TPSA) is 18.5 Å². The molecule has 1 heterocycles. The van der Waals surface area contributed by atoms with E-state index in [1.807, 2.05) is 0 Å². The van der Waals surface area contributed by atoms with Crippen molar-refractivity contribution in [2.45, 2.75) is 38.5 Å². The molecule has 0 atom stereocenters. The van der Waals surface area contributed by atoms with E-state index in [2.05, 4.69) is 22.2 Å². The first-order valence-corrected chi connectivity index (χ1v) is 7.96. The summed E-state index contributed by atoms with van der Waals surface area (Å²) < 4.78 is 0. The molecule has 2 rings (SSSR count). The molecule has 3 heteroatoms. The molecule has 0 radical (unpaired) electrons. The summed E-state index contributed by atoms with van der Waals surface area (Å²) in [4.78, 5) is 5.19. The molecule has 1 N–H and O–H groups in total. The van der Waals surface area contributed by atoms with Gasteiger partial charge in [0.05, 0.1) is 0 Å². The Morgan fingerprint density at radius 2 is 1.89 bits per heavy atom. The number of hydrogen-bond acceptors (Lipinski definition) is 3. The maximum absolute atomic E-state index is 3.48. The van der Waals surface area contributed by atoms with Crippen LogP contribution in [-0.2, 0) is 0 Å². The molecule has 0 unspecified atom stereocenters. The fourth-order valence-electron chi connectivity index (χ4n) is 3.34. The van der Waals surface area contributed by atoms with E-state index in [0.29, 0.717) is 0 Å². The van der Waals surface area contributed by atoms with Crippen molar-refractivity contribution < 1.29 is 0 Å². The zero-order valence-corrected chi connectivity index (χ0v) is 12.2. The van der Waals surface area contributed by atoms with Gasteiger partial charge >= 0.3 is 0 Å². The largest absolute Gasteiger partial charge is 0.315 e. The van der Waals surface area contributed by atoms with Crippen molar-refractivity contribution in [2.24, 2.45) is 5.92 Å². The smallest absolute Gasteiger partial charge is 0.0110 e. The number of rotatable bonds is 5. The third kappa shape index (κ3) is 5.25. The van der Waals surface area contributed by atoms with Gasteiger partial charge in [-0.25, -0.2) is 0 Å². The van der Waals surface area contributed by atoms with Crippen LogP contribution < -0.4 is 5.32 Å². The van der Waals surface area contributed by atoms with Crippen LogP contribution in [0.2, 0.25) is 0 Å². The maximum atomic E-state index is 3.48. The third-order valence-corrected chi connectivity index (χ3v) is 4.53. The lowest BCUT2D eigenvalue weighted by molar-refractivity contribution is 0.197. The summed E-state index contributed by atoms with van der Waals surface area (Å²) in [5.74, 6) is 0.981. The van der Waals surface area contributed by atoms with Crippen molar-refractivity contribution in [1.29, 1.82) is 0 Å². The van der Waals surface area contributed by atoms with E-state index in [9.17, 15) is 0 Å². The highest BCUT2D eigenvalue weighted by Gasteiger charge is 2.16. The number of hydrogen-bond donors (Lipinski definition) is 1. The van der Waals surface area contributed by atoms with Crippen molar-refractivity contribution >= 4 is 0 Å². The van der Waals surface area contributed by atoms with Crippen molar-refractivity contribution in [2.75, 3.05) is 52.9 Å². The van der Waals surface area contributed by atoms with Crippen molar-refractivity contribution in [1.82, 2.24) is 15.1 Å². The minimum atomic E-state index is 0.981. The van der Waals surface area contributed by atoms with Gasteiger partial charge in [0.1, 0.15) is 0 Å². The van der Waals surface area contributed by atoms with E-state index in [1.54, 1.807) is 0 Å². The average molecular weight is 253 g/mol. The summed E-state index contributed by atoms with van der Waals surface area (Å²) in [5, 5.41) is 3.48. The zero-order valence-electron chi connectivity index (χ0n) is 12.2. The van der Waals surface area contributed by atoms with Crippen LogP contribution >= 0.6 is 0 Å². The predicted octanol–water partition coefficient (Wildman–Crippen LogP) is 1.79. The minimum absolute atomic E-state index is 0.981. The Bertz CT molecular complexity index is 206. The molecule has 0 aromatic heterocycles. The van der Waals surface area contributed by atoms with Crippen LogP contribution in [0.1, 0.15) is 38.5 Å². The molecule has 1 aliphatic carbocycles. The van der Waals surface area contributed by atoms with E-state index in [0.717, 1.165) is 5.92 Å².